The molecule has 0 saturated heterocycles. The van der Waals surface area contributed by atoms with E-state index in [4.69, 9.17) is 4.74 Å². The maximum absolute atomic E-state index is 15.1. The summed E-state index contributed by atoms with van der Waals surface area (Å²) >= 11 is 1.23. The minimum absolute atomic E-state index is 0.169. The monoisotopic (exact) mass is 465 g/mol. The lowest BCUT2D eigenvalue weighted by Crippen LogP contribution is -2.23. The van der Waals surface area contributed by atoms with Gasteiger partial charge in [0, 0.05) is 30.4 Å². The van der Waals surface area contributed by atoms with Gasteiger partial charge in [0.15, 0.2) is 0 Å². The largest absolute Gasteiger partial charge is 0.465 e. The van der Waals surface area contributed by atoms with Gasteiger partial charge < -0.3 is 9.30 Å². The number of aryl methyl sites for hydroxylation is 1. The van der Waals surface area contributed by atoms with Crippen LogP contribution >= 0.6 is 11.3 Å². The number of methoxy groups -OCH3 is 1. The van der Waals surface area contributed by atoms with E-state index in [0.29, 0.717) is 26.7 Å². The summed E-state index contributed by atoms with van der Waals surface area (Å²) in [5.74, 6) is -2.21. The van der Waals surface area contributed by atoms with Gasteiger partial charge in [-0.15, -0.1) is 11.3 Å². The van der Waals surface area contributed by atoms with Crippen molar-refractivity contribution in [2.75, 3.05) is 7.11 Å². The van der Waals surface area contributed by atoms with Gasteiger partial charge in [-0.05, 0) is 40.8 Å². The zero-order valence-corrected chi connectivity index (χ0v) is 18.5. The number of fused-ring (bicyclic) bond motifs is 2. The molecule has 0 spiro atoms. The number of hydrogen-bond acceptors (Lipinski definition) is 5. The van der Waals surface area contributed by atoms with Crippen molar-refractivity contribution >= 4 is 38.3 Å². The molecule has 0 aliphatic rings. The first-order chi connectivity index (χ1) is 15.9. The summed E-state index contributed by atoms with van der Waals surface area (Å²) in [6, 6.07) is 9.44. The predicted octanol–water partition coefficient (Wildman–Crippen LogP) is 4.73. The standard InChI is InChI=1S/C24H17F2N3O3S/c1-28-10-16-14(4-3-5-21(16)27-28)13-8-19(25)17(20(26)9-13)11-29-12-18(24(31)32-2)22-15(23(29)30)6-7-33-22/h3-10,12H,11H2,1-2H3. The molecule has 9 heteroatoms. The van der Waals surface area contributed by atoms with E-state index in [1.807, 2.05) is 6.07 Å². The van der Waals surface area contributed by atoms with Crippen LogP contribution in [0.1, 0.15) is 15.9 Å². The first kappa shape index (κ1) is 21.0. The number of esters is 1. The molecule has 2 aromatic carbocycles. The fraction of sp³-hybridized carbons (Fsp3) is 0.125. The third kappa shape index (κ3) is 3.50. The molecule has 0 saturated carbocycles. The number of pyridine rings is 1. The lowest BCUT2D eigenvalue weighted by Gasteiger charge is -2.12. The van der Waals surface area contributed by atoms with Gasteiger partial charge in [-0.3, -0.25) is 9.48 Å². The van der Waals surface area contributed by atoms with Gasteiger partial charge in [-0.25, -0.2) is 13.6 Å². The Morgan fingerprint density at radius 3 is 2.61 bits per heavy atom. The van der Waals surface area contributed by atoms with Gasteiger partial charge in [0.25, 0.3) is 5.56 Å². The van der Waals surface area contributed by atoms with E-state index < -0.39 is 23.2 Å². The van der Waals surface area contributed by atoms with E-state index in [1.165, 1.54) is 36.8 Å². The van der Waals surface area contributed by atoms with E-state index >= 15 is 8.78 Å². The Labute approximate surface area is 190 Å². The molecule has 0 N–H and O–H groups in total. The van der Waals surface area contributed by atoms with Crippen LogP contribution in [-0.4, -0.2) is 27.4 Å². The lowest BCUT2D eigenvalue weighted by molar-refractivity contribution is 0.0602. The van der Waals surface area contributed by atoms with Crippen molar-refractivity contribution in [3.05, 3.63) is 87.3 Å². The van der Waals surface area contributed by atoms with Crippen LogP contribution < -0.4 is 5.56 Å². The zero-order valence-electron chi connectivity index (χ0n) is 17.6. The summed E-state index contributed by atoms with van der Waals surface area (Å²) in [6.45, 7) is -0.371. The van der Waals surface area contributed by atoms with Crippen molar-refractivity contribution in [2.24, 2.45) is 7.05 Å². The zero-order chi connectivity index (χ0) is 23.3. The summed E-state index contributed by atoms with van der Waals surface area (Å²) < 4.78 is 38.3. The average Bonchev–Trinajstić information content (AvgIpc) is 3.43. The van der Waals surface area contributed by atoms with Crippen molar-refractivity contribution in [1.29, 1.82) is 0 Å². The molecule has 0 atom stereocenters. The molecule has 5 aromatic rings. The normalized spacial score (nSPS) is 11.4. The van der Waals surface area contributed by atoms with Crippen molar-refractivity contribution in [3.8, 4) is 11.1 Å². The van der Waals surface area contributed by atoms with Crippen LogP contribution in [-0.2, 0) is 18.3 Å². The van der Waals surface area contributed by atoms with E-state index in [-0.39, 0.29) is 17.7 Å². The molecule has 5 rings (SSSR count). The summed E-state index contributed by atoms with van der Waals surface area (Å²) in [4.78, 5) is 25.1. The quantitative estimate of drug-likeness (QED) is 0.360. The number of rotatable bonds is 4. The first-order valence-electron chi connectivity index (χ1n) is 9.97. The number of carbonyl (C=O) groups excluding carboxylic acids is 1. The highest BCUT2D eigenvalue weighted by Crippen LogP contribution is 2.31. The first-order valence-corrected chi connectivity index (χ1v) is 10.8. The third-order valence-corrected chi connectivity index (χ3v) is 6.48. The van der Waals surface area contributed by atoms with Gasteiger partial charge >= 0.3 is 5.97 Å². The van der Waals surface area contributed by atoms with Crippen LogP contribution in [0.25, 0.3) is 32.1 Å². The Bertz CT molecular complexity index is 1590. The Morgan fingerprint density at radius 1 is 1.12 bits per heavy atom. The number of hydrogen-bond donors (Lipinski definition) is 0. The number of nitrogens with zero attached hydrogens (tertiary/aromatic N) is 3. The molecule has 3 heterocycles. The minimum Gasteiger partial charge on any atom is -0.465 e. The second-order valence-corrected chi connectivity index (χ2v) is 8.51. The van der Waals surface area contributed by atoms with Crippen LogP contribution in [0.3, 0.4) is 0 Å². The number of carbonyl (C=O) groups is 1. The number of thiophene rings is 1. The van der Waals surface area contributed by atoms with E-state index in [1.54, 1.807) is 41.5 Å². The number of benzene rings is 2. The van der Waals surface area contributed by atoms with Gasteiger partial charge in [-0.1, -0.05) is 12.1 Å². The van der Waals surface area contributed by atoms with Crippen LogP contribution in [0, 0.1) is 11.6 Å². The Morgan fingerprint density at radius 2 is 1.88 bits per heavy atom. The van der Waals surface area contributed by atoms with Gasteiger partial charge in [-0.2, -0.15) is 5.10 Å². The molecule has 0 aliphatic heterocycles. The fourth-order valence-corrected chi connectivity index (χ4v) is 4.87. The summed E-state index contributed by atoms with van der Waals surface area (Å²) in [7, 11) is 3.01. The molecule has 166 valence electrons. The lowest BCUT2D eigenvalue weighted by atomic mass is 9.99. The summed E-state index contributed by atoms with van der Waals surface area (Å²) in [5, 5.41) is 7.08. The van der Waals surface area contributed by atoms with Crippen molar-refractivity contribution in [3.63, 3.8) is 0 Å². The molecule has 0 fully saturated rings. The van der Waals surface area contributed by atoms with E-state index in [2.05, 4.69) is 5.10 Å². The maximum atomic E-state index is 15.1. The van der Waals surface area contributed by atoms with Crippen molar-refractivity contribution in [2.45, 2.75) is 6.54 Å². The molecule has 0 aliphatic carbocycles. The number of aromatic nitrogens is 3. The highest BCUT2D eigenvalue weighted by Gasteiger charge is 2.20. The molecule has 0 bridgehead atoms. The molecular weight excluding hydrogens is 448 g/mol. The molecule has 3 aromatic heterocycles. The Hall–Kier alpha value is -3.85. The molecule has 33 heavy (non-hydrogen) atoms. The molecule has 6 nitrogen and oxygen atoms in total. The fourth-order valence-electron chi connectivity index (χ4n) is 3.98. The molecule has 0 unspecified atom stereocenters. The summed E-state index contributed by atoms with van der Waals surface area (Å²) in [5.41, 5.74) is 1.18. The van der Waals surface area contributed by atoms with Gasteiger partial charge in [0.2, 0.25) is 0 Å². The van der Waals surface area contributed by atoms with Crippen LogP contribution in [0.5, 0.6) is 0 Å². The topological polar surface area (TPSA) is 66.1 Å². The predicted molar refractivity (Wildman–Crippen MR) is 123 cm³/mol. The number of halogens is 2. The van der Waals surface area contributed by atoms with Crippen LogP contribution in [0.2, 0.25) is 0 Å². The van der Waals surface area contributed by atoms with Gasteiger partial charge in [0.1, 0.15) is 11.6 Å². The highest BCUT2D eigenvalue weighted by atomic mass is 32.1. The average molecular weight is 465 g/mol. The summed E-state index contributed by atoms with van der Waals surface area (Å²) in [6.07, 6.45) is 3.08. The second-order valence-electron chi connectivity index (χ2n) is 7.59. The minimum atomic E-state index is -0.789. The van der Waals surface area contributed by atoms with Crippen molar-refractivity contribution in [1.82, 2.24) is 14.3 Å². The molecule has 0 radical (unpaired) electrons. The Kier molecular flexibility index (Phi) is 5.05. The Balaban J connectivity index is 1.61. The third-order valence-electron chi connectivity index (χ3n) is 5.54. The SMILES string of the molecule is COC(=O)c1cn(Cc2c(F)cc(-c3cccc4nn(C)cc34)cc2F)c(=O)c2ccsc12. The number of ether oxygens (including phenoxy) is 1. The smallest absolute Gasteiger partial charge is 0.340 e. The maximum Gasteiger partial charge on any atom is 0.340 e. The van der Waals surface area contributed by atoms with Crippen molar-refractivity contribution < 1.29 is 18.3 Å². The van der Waals surface area contributed by atoms with Gasteiger partial charge in [0.05, 0.1) is 34.8 Å². The van der Waals surface area contributed by atoms with E-state index in [0.717, 1.165) is 9.95 Å². The highest BCUT2D eigenvalue weighted by molar-refractivity contribution is 7.17. The van der Waals surface area contributed by atoms with Crippen LogP contribution in [0.4, 0.5) is 8.78 Å². The van der Waals surface area contributed by atoms with E-state index in [9.17, 15) is 9.59 Å². The second kappa shape index (κ2) is 7.93. The molecule has 0 amide bonds. The van der Waals surface area contributed by atoms with Crippen LogP contribution in [0.15, 0.2) is 59.0 Å². The molecular formula is C24H17F2N3O3S.